The smallest absolute Gasteiger partial charge is 0.380 e. The summed E-state index contributed by atoms with van der Waals surface area (Å²) in [4.78, 5) is 5.21. The van der Waals surface area contributed by atoms with E-state index in [-0.39, 0.29) is 0 Å². The van der Waals surface area contributed by atoms with Gasteiger partial charge in [0.25, 0.3) is 0 Å². The van der Waals surface area contributed by atoms with Crippen LogP contribution in [0.3, 0.4) is 0 Å². The second kappa shape index (κ2) is 5.61. The molecule has 2 nitrogen and oxygen atoms in total. The molecular weight excluding hydrogens is 273 g/mol. The third-order valence-corrected chi connectivity index (χ3v) is 3.70. The molecule has 1 aromatic heterocycles. The fourth-order valence-electron chi connectivity index (χ4n) is 1.59. The van der Waals surface area contributed by atoms with Crippen LogP contribution in [-0.4, -0.2) is 4.98 Å². The quantitative estimate of drug-likeness (QED) is 0.904. The Morgan fingerprint density at radius 3 is 2.74 bits per heavy atom. The molecule has 0 saturated carbocycles. The molecule has 2 rings (SSSR count). The predicted octanol–water partition coefficient (Wildman–Crippen LogP) is 4.34. The first-order valence-corrected chi connectivity index (χ1v) is 6.65. The lowest BCUT2D eigenvalue weighted by atomic mass is 10.2. The molecule has 0 fully saturated rings. The molecule has 0 bridgehead atoms. The third kappa shape index (κ3) is 3.70. The highest BCUT2D eigenvalue weighted by molar-refractivity contribution is 7.11. The normalized spacial score (nSPS) is 11.6. The Morgan fingerprint density at radius 2 is 2.11 bits per heavy atom. The lowest BCUT2D eigenvalue weighted by Gasteiger charge is -2.09. The van der Waals surface area contributed by atoms with E-state index in [0.717, 1.165) is 28.4 Å². The summed E-state index contributed by atoms with van der Waals surface area (Å²) in [6.07, 6.45) is -1.68. The van der Waals surface area contributed by atoms with Crippen molar-refractivity contribution >= 4 is 17.0 Å². The van der Waals surface area contributed by atoms with E-state index in [1.807, 2.05) is 6.92 Å². The third-order valence-electron chi connectivity index (χ3n) is 2.56. The lowest BCUT2D eigenvalue weighted by molar-refractivity contribution is -0.137. The maximum Gasteiger partial charge on any atom is 0.416 e. The zero-order chi connectivity index (χ0) is 13.9. The maximum absolute atomic E-state index is 12.5. The van der Waals surface area contributed by atoms with Crippen molar-refractivity contribution in [3.8, 4) is 0 Å². The largest absolute Gasteiger partial charge is 0.416 e. The van der Waals surface area contributed by atoms with Crippen molar-refractivity contribution in [3.63, 3.8) is 0 Å². The Balaban J connectivity index is 2.03. The highest BCUT2D eigenvalue weighted by Crippen LogP contribution is 2.30. The molecule has 0 aliphatic heterocycles. The van der Waals surface area contributed by atoms with E-state index in [9.17, 15) is 13.2 Å². The zero-order valence-electron chi connectivity index (χ0n) is 10.3. The molecule has 0 saturated heterocycles. The van der Waals surface area contributed by atoms with Crippen LogP contribution in [0, 0.1) is 0 Å². The minimum Gasteiger partial charge on any atom is -0.380 e. The van der Waals surface area contributed by atoms with E-state index in [2.05, 4.69) is 10.3 Å². The van der Waals surface area contributed by atoms with Crippen molar-refractivity contribution in [1.82, 2.24) is 4.98 Å². The van der Waals surface area contributed by atoms with Crippen LogP contribution in [0.25, 0.3) is 0 Å². The van der Waals surface area contributed by atoms with Gasteiger partial charge in [-0.15, -0.1) is 11.3 Å². The van der Waals surface area contributed by atoms with Crippen LogP contribution in [0.5, 0.6) is 0 Å². The van der Waals surface area contributed by atoms with Crippen LogP contribution in [0.4, 0.5) is 18.9 Å². The average molecular weight is 286 g/mol. The summed E-state index contributed by atoms with van der Waals surface area (Å²) in [5.74, 6) is 0. The molecular formula is C13H13F3N2S. The van der Waals surface area contributed by atoms with Gasteiger partial charge in [0, 0.05) is 16.8 Å². The van der Waals surface area contributed by atoms with Gasteiger partial charge < -0.3 is 5.32 Å². The Bertz CT molecular complexity index is 549. The van der Waals surface area contributed by atoms with Crippen LogP contribution < -0.4 is 5.32 Å². The van der Waals surface area contributed by atoms with Gasteiger partial charge in [-0.05, 0) is 24.6 Å². The van der Waals surface area contributed by atoms with Crippen LogP contribution in [0.2, 0.25) is 0 Å². The topological polar surface area (TPSA) is 24.9 Å². The van der Waals surface area contributed by atoms with Crippen molar-refractivity contribution in [3.05, 3.63) is 45.9 Å². The van der Waals surface area contributed by atoms with Crippen molar-refractivity contribution in [2.24, 2.45) is 0 Å². The van der Waals surface area contributed by atoms with Gasteiger partial charge in [0.15, 0.2) is 0 Å². The monoisotopic (exact) mass is 286 g/mol. The van der Waals surface area contributed by atoms with Gasteiger partial charge in [0.1, 0.15) is 0 Å². The molecule has 0 aliphatic rings. The summed E-state index contributed by atoms with van der Waals surface area (Å²) < 4.78 is 37.6. The number of hydrogen-bond donors (Lipinski definition) is 1. The second-order valence-corrected chi connectivity index (χ2v) is 5.21. The van der Waals surface area contributed by atoms with Gasteiger partial charge >= 0.3 is 6.18 Å². The van der Waals surface area contributed by atoms with Crippen molar-refractivity contribution in [2.75, 3.05) is 5.32 Å². The van der Waals surface area contributed by atoms with E-state index < -0.39 is 11.7 Å². The Hall–Kier alpha value is -1.56. The van der Waals surface area contributed by atoms with E-state index in [4.69, 9.17) is 0 Å². The van der Waals surface area contributed by atoms with Gasteiger partial charge in [-0.25, -0.2) is 4.98 Å². The molecule has 0 aliphatic carbocycles. The number of alkyl halides is 3. The lowest BCUT2D eigenvalue weighted by Crippen LogP contribution is -2.06. The van der Waals surface area contributed by atoms with E-state index >= 15 is 0 Å². The molecule has 0 amide bonds. The molecule has 0 atom stereocenters. The minimum absolute atomic E-state index is 0.460. The maximum atomic E-state index is 12.5. The predicted molar refractivity (Wildman–Crippen MR) is 70.3 cm³/mol. The average Bonchev–Trinajstić information content (AvgIpc) is 2.84. The summed E-state index contributed by atoms with van der Waals surface area (Å²) in [7, 11) is 0. The highest BCUT2D eigenvalue weighted by atomic mass is 32.1. The number of aryl methyl sites for hydroxylation is 1. The number of halogens is 3. The Labute approximate surface area is 113 Å². The van der Waals surface area contributed by atoms with Crippen molar-refractivity contribution in [2.45, 2.75) is 26.1 Å². The van der Waals surface area contributed by atoms with Crippen molar-refractivity contribution in [1.29, 1.82) is 0 Å². The summed E-state index contributed by atoms with van der Waals surface area (Å²) >= 11 is 1.57. The number of benzene rings is 1. The molecule has 102 valence electrons. The summed E-state index contributed by atoms with van der Waals surface area (Å²) in [5, 5.41) is 4.01. The molecule has 1 heterocycles. The van der Waals surface area contributed by atoms with Crippen LogP contribution in [0.15, 0.2) is 30.5 Å². The van der Waals surface area contributed by atoms with E-state index in [1.54, 1.807) is 23.6 Å². The first kappa shape index (κ1) is 13.9. The van der Waals surface area contributed by atoms with Crippen LogP contribution in [-0.2, 0) is 19.1 Å². The van der Waals surface area contributed by atoms with Gasteiger partial charge in [0.05, 0.1) is 17.1 Å². The van der Waals surface area contributed by atoms with Gasteiger partial charge in [-0.3, -0.25) is 0 Å². The molecule has 2 aromatic rings. The summed E-state index contributed by atoms with van der Waals surface area (Å²) in [6.45, 7) is 2.50. The number of nitrogens with one attached hydrogen (secondary N) is 1. The number of anilines is 1. The van der Waals surface area contributed by atoms with E-state index in [1.165, 1.54) is 6.07 Å². The minimum atomic E-state index is -4.31. The first-order chi connectivity index (χ1) is 8.99. The summed E-state index contributed by atoms with van der Waals surface area (Å²) in [6, 6.07) is 5.20. The number of nitrogens with zero attached hydrogens (tertiary/aromatic N) is 1. The molecule has 1 N–H and O–H groups in total. The van der Waals surface area contributed by atoms with E-state index in [0.29, 0.717) is 12.2 Å². The van der Waals surface area contributed by atoms with Crippen molar-refractivity contribution < 1.29 is 13.2 Å². The molecule has 1 aromatic carbocycles. The van der Waals surface area contributed by atoms with Crippen LogP contribution >= 0.6 is 11.3 Å². The molecule has 19 heavy (non-hydrogen) atoms. The SMILES string of the molecule is CCc1ncc(CNc2cccc(C(F)(F)F)c2)s1. The molecule has 6 heteroatoms. The first-order valence-electron chi connectivity index (χ1n) is 5.83. The Kier molecular flexibility index (Phi) is 4.09. The summed E-state index contributed by atoms with van der Waals surface area (Å²) in [5.41, 5.74) is -0.183. The number of thiazole rings is 1. The fourth-order valence-corrected chi connectivity index (χ4v) is 2.39. The standard InChI is InChI=1S/C13H13F3N2S/c1-2-12-18-8-11(19-12)7-17-10-5-3-4-9(6-10)13(14,15)16/h3-6,8,17H,2,7H2,1H3. The van der Waals surface area contributed by atoms with Crippen LogP contribution in [0.1, 0.15) is 22.4 Å². The van der Waals surface area contributed by atoms with Gasteiger partial charge in [0.2, 0.25) is 0 Å². The molecule has 0 spiro atoms. The van der Waals surface area contributed by atoms with Gasteiger partial charge in [-0.2, -0.15) is 13.2 Å². The number of hydrogen-bond acceptors (Lipinski definition) is 3. The Morgan fingerprint density at radius 1 is 1.32 bits per heavy atom. The number of aromatic nitrogens is 1. The number of rotatable bonds is 4. The fraction of sp³-hybridized carbons (Fsp3) is 0.308. The zero-order valence-corrected chi connectivity index (χ0v) is 11.1. The van der Waals surface area contributed by atoms with Gasteiger partial charge in [-0.1, -0.05) is 13.0 Å². The highest BCUT2D eigenvalue weighted by Gasteiger charge is 2.30. The molecule has 0 radical (unpaired) electrons. The molecule has 0 unspecified atom stereocenters. The second-order valence-electron chi connectivity index (χ2n) is 4.01.